The Balaban J connectivity index is 0.000000164. The number of fused-ring (bicyclic) bond motifs is 1. The van der Waals surface area contributed by atoms with Crippen LogP contribution in [0, 0.1) is 0 Å². The summed E-state index contributed by atoms with van der Waals surface area (Å²) in [5, 5.41) is 1.35. The molecule has 2 heteroatoms. The van der Waals surface area contributed by atoms with Gasteiger partial charge in [0.05, 0.1) is 0 Å². The number of hydrogen-bond donors (Lipinski definition) is 0. The minimum absolute atomic E-state index is 0.510. The van der Waals surface area contributed by atoms with Crippen LogP contribution in [0.15, 0.2) is 48.5 Å². The molecule has 2 aliphatic carbocycles. The largest absolute Gasteiger partial charge is 0.412 e. The normalized spacial score (nSPS) is 10.6. The van der Waals surface area contributed by atoms with Gasteiger partial charge in [0.1, 0.15) is 0 Å². The average Bonchev–Trinajstić information content (AvgIpc) is 2.41. The Morgan fingerprint density at radius 2 is 1.50 bits per heavy atom. The quantitative estimate of drug-likeness (QED) is 0.650. The highest BCUT2D eigenvalue weighted by atomic mass is 28.2. The fraction of sp³-hybridized carbons (Fsp3) is 0.250. The van der Waals surface area contributed by atoms with Gasteiger partial charge in [-0.3, -0.25) is 0 Å². The molecule has 0 heterocycles. The topological polar surface area (TPSA) is 9.23 Å². The van der Waals surface area contributed by atoms with Crippen LogP contribution in [-0.2, 0) is 10.8 Å². The van der Waals surface area contributed by atoms with Gasteiger partial charge in [-0.15, -0.1) is 0 Å². The van der Waals surface area contributed by atoms with E-state index >= 15 is 0 Å². The molecule has 1 aromatic rings. The molecule has 18 heavy (non-hydrogen) atoms. The Morgan fingerprint density at radius 1 is 0.889 bits per heavy atom. The SMILES string of the molecule is CCO[Si]c1ccccc1CC.c1cc2ccc1-2. The Kier molecular flexibility index (Phi) is 4.73. The number of hydrogen-bond acceptors (Lipinski definition) is 1. The highest BCUT2D eigenvalue weighted by Crippen LogP contribution is 2.29. The third-order valence-corrected chi connectivity index (χ3v) is 4.08. The van der Waals surface area contributed by atoms with Crippen LogP contribution in [0.4, 0.5) is 0 Å². The van der Waals surface area contributed by atoms with Crippen LogP contribution in [0.5, 0.6) is 0 Å². The summed E-state index contributed by atoms with van der Waals surface area (Å²) in [4.78, 5) is 0. The number of aryl methyl sites for hydroxylation is 1. The smallest absolute Gasteiger partial charge is 0.268 e. The molecular weight excluding hydrogens is 236 g/mol. The molecule has 2 aliphatic rings. The Morgan fingerprint density at radius 3 is 1.94 bits per heavy atom. The van der Waals surface area contributed by atoms with E-state index < -0.39 is 0 Å². The van der Waals surface area contributed by atoms with Gasteiger partial charge in [-0.05, 0) is 35.2 Å². The molecule has 2 radical (unpaired) electrons. The highest BCUT2D eigenvalue weighted by molar-refractivity contribution is 6.47. The lowest BCUT2D eigenvalue weighted by atomic mass is 9.95. The predicted molar refractivity (Wildman–Crippen MR) is 78.3 cm³/mol. The van der Waals surface area contributed by atoms with Crippen LogP contribution < -0.4 is 5.19 Å². The number of benzene rings is 2. The first-order chi connectivity index (χ1) is 8.85. The fourth-order valence-corrected chi connectivity index (χ4v) is 2.60. The van der Waals surface area contributed by atoms with Crippen molar-refractivity contribution in [1.82, 2.24) is 0 Å². The molecule has 0 atom stereocenters. The Labute approximate surface area is 112 Å². The first-order valence-electron chi connectivity index (χ1n) is 6.41. The standard InChI is InChI=1S/C10H14OSi.C6H4/c1-3-9-7-5-6-8-10(9)12-11-4-2;1-2-6-4-3-5(1)6/h5-8H,3-4H2,1-2H3;1-4H. The maximum atomic E-state index is 5.39. The van der Waals surface area contributed by atoms with E-state index in [1.54, 1.807) is 0 Å². The van der Waals surface area contributed by atoms with Crippen LogP contribution in [0.25, 0.3) is 11.1 Å². The highest BCUT2D eigenvalue weighted by Gasteiger charge is 2.04. The van der Waals surface area contributed by atoms with E-state index in [0.29, 0.717) is 9.76 Å². The molecule has 0 aromatic heterocycles. The van der Waals surface area contributed by atoms with Crippen LogP contribution >= 0.6 is 0 Å². The van der Waals surface area contributed by atoms with Gasteiger partial charge >= 0.3 is 0 Å². The molecule has 0 saturated heterocycles. The molecule has 0 unspecified atom stereocenters. The molecule has 0 bridgehead atoms. The fourth-order valence-electron chi connectivity index (χ4n) is 1.74. The zero-order valence-electron chi connectivity index (χ0n) is 10.9. The first-order valence-corrected chi connectivity index (χ1v) is 7.32. The molecule has 0 spiro atoms. The lowest BCUT2D eigenvalue weighted by molar-refractivity contribution is 0.367. The predicted octanol–water partition coefficient (Wildman–Crippen LogP) is 3.20. The summed E-state index contributed by atoms with van der Waals surface area (Å²) in [5.41, 5.74) is 4.26. The maximum absolute atomic E-state index is 5.39. The lowest BCUT2D eigenvalue weighted by Gasteiger charge is -2.10. The summed E-state index contributed by atoms with van der Waals surface area (Å²) < 4.78 is 5.39. The van der Waals surface area contributed by atoms with Gasteiger partial charge in [0.2, 0.25) is 0 Å². The van der Waals surface area contributed by atoms with Gasteiger partial charge in [0.25, 0.3) is 9.76 Å². The lowest BCUT2D eigenvalue weighted by Crippen LogP contribution is -2.21. The van der Waals surface area contributed by atoms with Gasteiger partial charge < -0.3 is 4.43 Å². The Bertz CT molecular complexity index is 470. The van der Waals surface area contributed by atoms with Gasteiger partial charge in [-0.2, -0.15) is 0 Å². The summed E-state index contributed by atoms with van der Waals surface area (Å²) in [7, 11) is 0.510. The van der Waals surface area contributed by atoms with E-state index in [1.165, 1.54) is 21.9 Å². The average molecular weight is 254 g/mol. The summed E-state index contributed by atoms with van der Waals surface area (Å²) in [6.45, 7) is 5.01. The van der Waals surface area contributed by atoms with Crippen molar-refractivity contribution in [1.29, 1.82) is 0 Å². The minimum atomic E-state index is 0.510. The molecule has 92 valence electrons. The Hall–Kier alpha value is -1.38. The first kappa shape index (κ1) is 13.1. The van der Waals surface area contributed by atoms with Gasteiger partial charge in [-0.25, -0.2) is 0 Å². The minimum Gasteiger partial charge on any atom is -0.412 e. The number of rotatable bonds is 4. The van der Waals surface area contributed by atoms with Gasteiger partial charge in [0.15, 0.2) is 0 Å². The molecule has 0 N–H and O–H groups in total. The van der Waals surface area contributed by atoms with Crippen molar-refractivity contribution in [2.45, 2.75) is 20.3 Å². The molecule has 1 aromatic carbocycles. The summed E-state index contributed by atoms with van der Waals surface area (Å²) in [6.07, 6.45) is 1.09. The summed E-state index contributed by atoms with van der Waals surface area (Å²) in [5.74, 6) is 0. The van der Waals surface area contributed by atoms with Crippen LogP contribution in [0.3, 0.4) is 0 Å². The van der Waals surface area contributed by atoms with Crippen LogP contribution in [-0.4, -0.2) is 16.4 Å². The van der Waals surface area contributed by atoms with Crippen molar-refractivity contribution in [3.05, 3.63) is 54.1 Å². The molecular formula is C16H18OSi. The van der Waals surface area contributed by atoms with E-state index in [-0.39, 0.29) is 0 Å². The van der Waals surface area contributed by atoms with Crippen molar-refractivity contribution in [2.75, 3.05) is 6.61 Å². The third-order valence-electron chi connectivity index (χ3n) is 2.94. The zero-order valence-corrected chi connectivity index (χ0v) is 11.9. The molecule has 0 amide bonds. The van der Waals surface area contributed by atoms with Crippen LogP contribution in [0.2, 0.25) is 0 Å². The third kappa shape index (κ3) is 3.09. The van der Waals surface area contributed by atoms with Crippen molar-refractivity contribution >= 4 is 14.9 Å². The molecule has 0 fully saturated rings. The summed E-state index contributed by atoms with van der Waals surface area (Å²) >= 11 is 0. The molecule has 0 saturated carbocycles. The van der Waals surface area contributed by atoms with Gasteiger partial charge in [-0.1, -0.05) is 55.5 Å². The maximum Gasteiger partial charge on any atom is 0.268 e. The zero-order chi connectivity index (χ0) is 12.8. The van der Waals surface area contributed by atoms with E-state index in [2.05, 4.69) is 55.5 Å². The second-order valence-corrected chi connectivity index (χ2v) is 5.15. The van der Waals surface area contributed by atoms with E-state index in [4.69, 9.17) is 4.43 Å². The van der Waals surface area contributed by atoms with Crippen LogP contribution in [0.1, 0.15) is 19.4 Å². The monoisotopic (exact) mass is 254 g/mol. The molecule has 0 aliphatic heterocycles. The second kappa shape index (κ2) is 6.52. The van der Waals surface area contributed by atoms with Crippen molar-refractivity contribution < 1.29 is 4.43 Å². The second-order valence-electron chi connectivity index (χ2n) is 4.12. The van der Waals surface area contributed by atoms with E-state index in [0.717, 1.165) is 13.0 Å². The molecule has 3 rings (SSSR count). The van der Waals surface area contributed by atoms with E-state index in [1.807, 2.05) is 6.92 Å². The van der Waals surface area contributed by atoms with Crippen molar-refractivity contribution in [2.24, 2.45) is 0 Å². The summed E-state index contributed by atoms with van der Waals surface area (Å²) in [6, 6.07) is 16.9. The van der Waals surface area contributed by atoms with Crippen molar-refractivity contribution in [3.63, 3.8) is 0 Å². The van der Waals surface area contributed by atoms with Gasteiger partial charge in [0, 0.05) is 6.61 Å². The molecule has 1 nitrogen and oxygen atoms in total. The van der Waals surface area contributed by atoms with Crippen molar-refractivity contribution in [3.8, 4) is 11.1 Å². The van der Waals surface area contributed by atoms with E-state index in [9.17, 15) is 0 Å².